The zero-order chi connectivity index (χ0) is 12.4. The number of hydrogen-bond acceptors (Lipinski definition) is 2. The fourth-order valence-electron chi connectivity index (χ4n) is 2.87. The fraction of sp³-hybridized carbons (Fsp3) is 0.625. The van der Waals surface area contributed by atoms with Crippen molar-refractivity contribution in [1.29, 1.82) is 0 Å². The molecule has 0 aliphatic heterocycles. The van der Waals surface area contributed by atoms with E-state index in [-0.39, 0.29) is 5.54 Å². The molecule has 2 aliphatic carbocycles. The SMILES string of the molecule is NC1(c2cccc(OCC3CC3)c2)CCCCC1. The first kappa shape index (κ1) is 12.0. The van der Waals surface area contributed by atoms with E-state index in [2.05, 4.69) is 24.3 Å². The smallest absolute Gasteiger partial charge is 0.119 e. The lowest BCUT2D eigenvalue weighted by molar-refractivity contribution is 0.289. The van der Waals surface area contributed by atoms with E-state index >= 15 is 0 Å². The van der Waals surface area contributed by atoms with Crippen molar-refractivity contribution in [3.05, 3.63) is 29.8 Å². The summed E-state index contributed by atoms with van der Waals surface area (Å²) >= 11 is 0. The highest BCUT2D eigenvalue weighted by Gasteiger charge is 2.29. The molecule has 1 aromatic rings. The second-order valence-electron chi connectivity index (χ2n) is 6.00. The molecule has 2 aliphatic rings. The van der Waals surface area contributed by atoms with Gasteiger partial charge in [-0.1, -0.05) is 31.4 Å². The zero-order valence-electron chi connectivity index (χ0n) is 11.0. The maximum absolute atomic E-state index is 6.56. The van der Waals surface area contributed by atoms with Gasteiger partial charge in [0, 0.05) is 5.54 Å². The van der Waals surface area contributed by atoms with Gasteiger partial charge in [-0.2, -0.15) is 0 Å². The zero-order valence-corrected chi connectivity index (χ0v) is 11.0. The molecule has 0 amide bonds. The Labute approximate surface area is 110 Å². The first-order valence-corrected chi connectivity index (χ1v) is 7.28. The minimum atomic E-state index is -0.114. The molecule has 0 bridgehead atoms. The monoisotopic (exact) mass is 245 g/mol. The number of benzene rings is 1. The Balaban J connectivity index is 1.72. The Morgan fingerprint density at radius 2 is 1.94 bits per heavy atom. The molecule has 3 rings (SSSR count). The van der Waals surface area contributed by atoms with Gasteiger partial charge in [-0.05, 0) is 49.3 Å². The van der Waals surface area contributed by atoms with E-state index in [0.717, 1.165) is 31.1 Å². The van der Waals surface area contributed by atoms with Crippen molar-refractivity contribution in [2.45, 2.75) is 50.5 Å². The topological polar surface area (TPSA) is 35.2 Å². The summed E-state index contributed by atoms with van der Waals surface area (Å²) in [4.78, 5) is 0. The Morgan fingerprint density at radius 3 is 2.67 bits per heavy atom. The van der Waals surface area contributed by atoms with E-state index in [4.69, 9.17) is 10.5 Å². The normalized spacial score (nSPS) is 22.7. The van der Waals surface area contributed by atoms with Crippen LogP contribution in [0.1, 0.15) is 50.5 Å². The van der Waals surface area contributed by atoms with Crippen LogP contribution in [0.2, 0.25) is 0 Å². The highest BCUT2D eigenvalue weighted by Crippen LogP contribution is 2.36. The van der Waals surface area contributed by atoms with Gasteiger partial charge >= 0.3 is 0 Å². The molecule has 2 heteroatoms. The molecule has 2 fully saturated rings. The minimum Gasteiger partial charge on any atom is -0.493 e. The van der Waals surface area contributed by atoms with Crippen LogP contribution in [0.3, 0.4) is 0 Å². The van der Waals surface area contributed by atoms with Crippen LogP contribution in [0, 0.1) is 5.92 Å². The number of ether oxygens (including phenoxy) is 1. The van der Waals surface area contributed by atoms with Crippen LogP contribution in [-0.2, 0) is 5.54 Å². The molecule has 0 heterocycles. The molecule has 0 atom stereocenters. The average molecular weight is 245 g/mol. The summed E-state index contributed by atoms with van der Waals surface area (Å²) in [6.45, 7) is 0.876. The molecule has 1 aromatic carbocycles. The van der Waals surface area contributed by atoms with Gasteiger partial charge in [0.2, 0.25) is 0 Å². The molecule has 18 heavy (non-hydrogen) atoms. The van der Waals surface area contributed by atoms with Gasteiger partial charge in [0.15, 0.2) is 0 Å². The Kier molecular flexibility index (Phi) is 3.29. The largest absolute Gasteiger partial charge is 0.493 e. The van der Waals surface area contributed by atoms with Crippen LogP contribution in [0.15, 0.2) is 24.3 Å². The van der Waals surface area contributed by atoms with Crippen molar-refractivity contribution in [3.8, 4) is 5.75 Å². The number of hydrogen-bond donors (Lipinski definition) is 1. The van der Waals surface area contributed by atoms with Crippen molar-refractivity contribution in [2.24, 2.45) is 11.7 Å². The maximum atomic E-state index is 6.56. The van der Waals surface area contributed by atoms with Crippen molar-refractivity contribution >= 4 is 0 Å². The van der Waals surface area contributed by atoms with Crippen molar-refractivity contribution in [2.75, 3.05) is 6.61 Å². The Morgan fingerprint density at radius 1 is 1.17 bits per heavy atom. The van der Waals surface area contributed by atoms with Gasteiger partial charge in [0.25, 0.3) is 0 Å². The van der Waals surface area contributed by atoms with E-state index in [1.54, 1.807) is 0 Å². The van der Waals surface area contributed by atoms with Crippen LogP contribution in [0.25, 0.3) is 0 Å². The Bertz CT molecular complexity index is 405. The van der Waals surface area contributed by atoms with Gasteiger partial charge in [0.1, 0.15) is 5.75 Å². The standard InChI is InChI=1S/C16H23NO/c17-16(9-2-1-3-10-16)14-5-4-6-15(11-14)18-12-13-7-8-13/h4-6,11,13H,1-3,7-10,12,17H2. The molecule has 0 aromatic heterocycles. The van der Waals surface area contributed by atoms with E-state index in [0.29, 0.717) is 0 Å². The summed E-state index contributed by atoms with van der Waals surface area (Å²) in [5.74, 6) is 1.80. The lowest BCUT2D eigenvalue weighted by Gasteiger charge is -2.34. The molecule has 2 N–H and O–H groups in total. The molecule has 0 radical (unpaired) electrons. The highest BCUT2D eigenvalue weighted by molar-refractivity contribution is 5.33. The van der Waals surface area contributed by atoms with Crippen LogP contribution in [-0.4, -0.2) is 6.61 Å². The summed E-state index contributed by atoms with van der Waals surface area (Å²) in [5.41, 5.74) is 7.71. The molecular formula is C16H23NO. The van der Waals surface area contributed by atoms with Crippen LogP contribution >= 0.6 is 0 Å². The van der Waals surface area contributed by atoms with Gasteiger partial charge in [-0.15, -0.1) is 0 Å². The quantitative estimate of drug-likeness (QED) is 0.879. The maximum Gasteiger partial charge on any atom is 0.119 e. The van der Waals surface area contributed by atoms with E-state index in [9.17, 15) is 0 Å². The first-order chi connectivity index (χ1) is 8.76. The van der Waals surface area contributed by atoms with Gasteiger partial charge in [0.05, 0.1) is 6.61 Å². The third kappa shape index (κ3) is 2.69. The summed E-state index contributed by atoms with van der Waals surface area (Å²) in [6, 6.07) is 8.46. The molecule has 2 saturated carbocycles. The number of rotatable bonds is 4. The molecule has 2 nitrogen and oxygen atoms in total. The molecule has 0 saturated heterocycles. The molecule has 98 valence electrons. The van der Waals surface area contributed by atoms with Crippen molar-refractivity contribution < 1.29 is 4.74 Å². The molecular weight excluding hydrogens is 222 g/mol. The third-order valence-corrected chi connectivity index (χ3v) is 4.34. The van der Waals surface area contributed by atoms with Crippen LogP contribution in [0.5, 0.6) is 5.75 Å². The van der Waals surface area contributed by atoms with E-state index in [1.165, 1.54) is 37.7 Å². The second-order valence-corrected chi connectivity index (χ2v) is 6.00. The van der Waals surface area contributed by atoms with E-state index in [1.807, 2.05) is 0 Å². The minimum absolute atomic E-state index is 0.114. The lowest BCUT2D eigenvalue weighted by Crippen LogP contribution is -2.38. The average Bonchev–Trinajstić information content (AvgIpc) is 3.22. The summed E-state index contributed by atoms with van der Waals surface area (Å²) < 4.78 is 5.85. The highest BCUT2D eigenvalue weighted by atomic mass is 16.5. The predicted octanol–water partition coefficient (Wildman–Crippen LogP) is 3.59. The van der Waals surface area contributed by atoms with Gasteiger partial charge in [-0.3, -0.25) is 0 Å². The lowest BCUT2D eigenvalue weighted by atomic mass is 9.77. The van der Waals surface area contributed by atoms with Crippen molar-refractivity contribution in [1.82, 2.24) is 0 Å². The first-order valence-electron chi connectivity index (χ1n) is 7.28. The van der Waals surface area contributed by atoms with Gasteiger partial charge in [-0.25, -0.2) is 0 Å². The second kappa shape index (κ2) is 4.93. The van der Waals surface area contributed by atoms with Gasteiger partial charge < -0.3 is 10.5 Å². The third-order valence-electron chi connectivity index (χ3n) is 4.34. The predicted molar refractivity (Wildman–Crippen MR) is 73.6 cm³/mol. The summed E-state index contributed by atoms with van der Waals surface area (Å²) in [6.07, 6.45) is 8.73. The Hall–Kier alpha value is -1.02. The number of nitrogens with two attached hydrogens (primary N) is 1. The van der Waals surface area contributed by atoms with E-state index < -0.39 is 0 Å². The summed E-state index contributed by atoms with van der Waals surface area (Å²) in [7, 11) is 0. The summed E-state index contributed by atoms with van der Waals surface area (Å²) in [5, 5.41) is 0. The van der Waals surface area contributed by atoms with Crippen molar-refractivity contribution in [3.63, 3.8) is 0 Å². The van der Waals surface area contributed by atoms with Crippen LogP contribution in [0.4, 0.5) is 0 Å². The molecule has 0 spiro atoms. The van der Waals surface area contributed by atoms with Crippen LogP contribution < -0.4 is 10.5 Å². The molecule has 0 unspecified atom stereocenters. The fourth-order valence-corrected chi connectivity index (χ4v) is 2.87.